The summed E-state index contributed by atoms with van der Waals surface area (Å²) in [5, 5.41) is 1.01. The van der Waals surface area contributed by atoms with Crippen LogP contribution in [-0.4, -0.2) is 15.0 Å². The van der Waals surface area contributed by atoms with Gasteiger partial charge in [-0.2, -0.15) is 0 Å². The van der Waals surface area contributed by atoms with Crippen molar-refractivity contribution in [3.63, 3.8) is 0 Å². The summed E-state index contributed by atoms with van der Waals surface area (Å²) in [5.74, 6) is -0.164. The van der Waals surface area contributed by atoms with Gasteiger partial charge in [-0.15, -0.1) is 0 Å². The Bertz CT molecular complexity index is 228. The Morgan fingerprint density at radius 3 is 2.55 bits per heavy atom. The van der Waals surface area contributed by atoms with Crippen molar-refractivity contribution in [2.75, 3.05) is 0 Å². The molecule has 11 heavy (non-hydrogen) atoms. The predicted molar refractivity (Wildman–Crippen MR) is 46.8 cm³/mol. The van der Waals surface area contributed by atoms with Gasteiger partial charge >= 0.3 is 71.9 Å². The monoisotopic (exact) mass is 216 g/mol. The topological polar surface area (TPSA) is 0 Å². The third-order valence-corrected chi connectivity index (χ3v) is 3.30. The summed E-state index contributed by atoms with van der Waals surface area (Å²) in [5.41, 5.74) is 0. The summed E-state index contributed by atoms with van der Waals surface area (Å²) in [6, 6.07) is 6.66. The molecule has 0 fully saturated rings. The van der Waals surface area contributed by atoms with Crippen molar-refractivity contribution in [2.45, 2.75) is 5.32 Å². The van der Waals surface area contributed by atoms with E-state index in [0.29, 0.717) is 15.0 Å². The van der Waals surface area contributed by atoms with E-state index in [1.54, 1.807) is 0 Å². The first-order valence-electron chi connectivity index (χ1n) is 3.32. The Morgan fingerprint density at radius 2 is 2.00 bits per heavy atom. The molecule has 2 heteroatoms. The van der Waals surface area contributed by atoms with Crippen molar-refractivity contribution in [2.24, 2.45) is 0 Å². The van der Waals surface area contributed by atoms with E-state index in [2.05, 4.69) is 6.58 Å². The van der Waals surface area contributed by atoms with Gasteiger partial charge in [0.05, 0.1) is 0 Å². The Balaban J connectivity index is 2.58. The first kappa shape index (κ1) is 8.51. The summed E-state index contributed by atoms with van der Waals surface area (Å²) in [6.45, 7) is 3.63. The van der Waals surface area contributed by atoms with E-state index >= 15 is 0 Å². The van der Waals surface area contributed by atoms with E-state index < -0.39 is 0 Å². The molecule has 0 unspecified atom stereocenters. The molecular weight excluding hydrogens is 206 g/mol. The molecule has 1 rings (SSSR count). The SMILES string of the molecule is C=CC[Se]c1ccc(F)cc1. The maximum absolute atomic E-state index is 12.4. The average molecular weight is 215 g/mol. The van der Waals surface area contributed by atoms with Crippen LogP contribution in [0.4, 0.5) is 4.39 Å². The van der Waals surface area contributed by atoms with Crippen molar-refractivity contribution in [1.29, 1.82) is 0 Å². The minimum atomic E-state index is -0.164. The molecule has 0 saturated carbocycles. The second-order valence-electron chi connectivity index (χ2n) is 2.05. The maximum atomic E-state index is 12.4. The van der Waals surface area contributed by atoms with Crippen LogP contribution < -0.4 is 4.46 Å². The molecule has 1 aromatic rings. The van der Waals surface area contributed by atoms with Crippen LogP contribution in [-0.2, 0) is 0 Å². The van der Waals surface area contributed by atoms with Gasteiger partial charge in [-0.1, -0.05) is 0 Å². The van der Waals surface area contributed by atoms with Crippen LogP contribution in [0.3, 0.4) is 0 Å². The quantitative estimate of drug-likeness (QED) is 0.532. The molecule has 0 radical (unpaired) electrons. The van der Waals surface area contributed by atoms with E-state index in [-0.39, 0.29) is 5.82 Å². The first-order valence-corrected chi connectivity index (χ1v) is 5.39. The van der Waals surface area contributed by atoms with Crippen LogP contribution in [0.15, 0.2) is 36.9 Å². The third-order valence-electron chi connectivity index (χ3n) is 1.18. The molecule has 0 aliphatic carbocycles. The van der Waals surface area contributed by atoms with Crippen molar-refractivity contribution in [3.8, 4) is 0 Å². The number of hydrogen-bond donors (Lipinski definition) is 0. The molecule has 1 aromatic carbocycles. The van der Waals surface area contributed by atoms with Crippen molar-refractivity contribution < 1.29 is 4.39 Å². The van der Waals surface area contributed by atoms with Crippen molar-refractivity contribution in [1.82, 2.24) is 0 Å². The van der Waals surface area contributed by atoms with Crippen LogP contribution in [0, 0.1) is 5.82 Å². The molecule has 0 heterocycles. The molecule has 0 aliphatic rings. The van der Waals surface area contributed by atoms with E-state index in [4.69, 9.17) is 0 Å². The van der Waals surface area contributed by atoms with Gasteiger partial charge in [0.25, 0.3) is 0 Å². The van der Waals surface area contributed by atoms with Crippen LogP contribution in [0.25, 0.3) is 0 Å². The second-order valence-corrected chi connectivity index (χ2v) is 4.35. The molecule has 0 saturated heterocycles. The van der Waals surface area contributed by atoms with Crippen molar-refractivity contribution >= 4 is 19.4 Å². The van der Waals surface area contributed by atoms with Gasteiger partial charge in [0.1, 0.15) is 0 Å². The number of allylic oxidation sites excluding steroid dienone is 1. The average Bonchev–Trinajstić information content (AvgIpc) is 2.04. The van der Waals surface area contributed by atoms with Crippen LogP contribution in [0.1, 0.15) is 0 Å². The van der Waals surface area contributed by atoms with Crippen LogP contribution in [0.5, 0.6) is 0 Å². The zero-order valence-electron chi connectivity index (χ0n) is 6.09. The van der Waals surface area contributed by atoms with Gasteiger partial charge in [0.15, 0.2) is 0 Å². The Labute approximate surface area is 72.3 Å². The fourth-order valence-corrected chi connectivity index (χ4v) is 2.03. The summed E-state index contributed by atoms with van der Waals surface area (Å²) >= 11 is 0.426. The molecule has 0 atom stereocenters. The molecule has 0 aliphatic heterocycles. The summed E-state index contributed by atoms with van der Waals surface area (Å²) in [4.78, 5) is 0. The van der Waals surface area contributed by atoms with Crippen LogP contribution in [0.2, 0.25) is 5.32 Å². The van der Waals surface area contributed by atoms with E-state index in [0.717, 1.165) is 5.32 Å². The first-order chi connectivity index (χ1) is 5.33. The van der Waals surface area contributed by atoms with Gasteiger partial charge in [-0.25, -0.2) is 0 Å². The molecule has 58 valence electrons. The zero-order chi connectivity index (χ0) is 8.10. The zero-order valence-corrected chi connectivity index (χ0v) is 7.80. The number of benzene rings is 1. The Morgan fingerprint density at radius 1 is 1.36 bits per heavy atom. The number of halogens is 1. The van der Waals surface area contributed by atoms with Gasteiger partial charge < -0.3 is 0 Å². The van der Waals surface area contributed by atoms with Gasteiger partial charge in [0, 0.05) is 0 Å². The summed E-state index contributed by atoms with van der Waals surface area (Å²) in [7, 11) is 0. The van der Waals surface area contributed by atoms with Crippen LogP contribution >= 0.6 is 0 Å². The molecule has 0 spiro atoms. The Kier molecular flexibility index (Phi) is 3.34. The summed E-state index contributed by atoms with van der Waals surface area (Å²) in [6.07, 6.45) is 1.89. The Hall–Kier alpha value is -0.591. The minimum absolute atomic E-state index is 0.164. The molecular formula is C9H9FSe. The predicted octanol–water partition coefficient (Wildman–Crippen LogP) is 1.76. The normalized spacial score (nSPS) is 9.55. The molecule has 0 aromatic heterocycles. The van der Waals surface area contributed by atoms with Gasteiger partial charge in [-0.3, -0.25) is 0 Å². The fraction of sp³-hybridized carbons (Fsp3) is 0.111. The van der Waals surface area contributed by atoms with Crippen molar-refractivity contribution in [3.05, 3.63) is 42.7 Å². The van der Waals surface area contributed by atoms with Gasteiger partial charge in [0.2, 0.25) is 0 Å². The van der Waals surface area contributed by atoms with E-state index in [9.17, 15) is 4.39 Å². The molecule has 0 N–H and O–H groups in total. The number of rotatable bonds is 3. The van der Waals surface area contributed by atoms with Gasteiger partial charge in [-0.05, 0) is 0 Å². The molecule has 0 bridgehead atoms. The third kappa shape index (κ3) is 2.87. The van der Waals surface area contributed by atoms with E-state index in [1.165, 1.54) is 16.6 Å². The van der Waals surface area contributed by atoms with E-state index in [1.807, 2.05) is 18.2 Å². The second kappa shape index (κ2) is 4.32. The number of hydrogen-bond acceptors (Lipinski definition) is 0. The standard InChI is InChI=1S/C9H9FSe/c1-2-7-11-9-5-3-8(10)4-6-9/h2-6H,1,7H2. The fourth-order valence-electron chi connectivity index (χ4n) is 0.686. The molecule has 0 amide bonds. The summed E-state index contributed by atoms with van der Waals surface area (Å²) < 4.78 is 13.6. The molecule has 0 nitrogen and oxygen atoms in total.